The Bertz CT molecular complexity index is 877. The van der Waals surface area contributed by atoms with Crippen molar-refractivity contribution in [3.05, 3.63) is 54.1 Å². The van der Waals surface area contributed by atoms with Gasteiger partial charge in [-0.1, -0.05) is 5.92 Å². The van der Waals surface area contributed by atoms with Gasteiger partial charge in [-0.2, -0.15) is 5.10 Å². The molecule has 1 amide bonds. The minimum atomic E-state index is -0.378. The summed E-state index contributed by atoms with van der Waals surface area (Å²) in [7, 11) is 0. The number of halogens is 1. The van der Waals surface area contributed by atoms with E-state index in [2.05, 4.69) is 21.3 Å². The van der Waals surface area contributed by atoms with Gasteiger partial charge in [0.25, 0.3) is 5.91 Å². The first-order valence-electron chi connectivity index (χ1n) is 6.52. The molecule has 0 atom stereocenters. The second-order valence-electron chi connectivity index (χ2n) is 4.50. The third-order valence-corrected chi connectivity index (χ3v) is 3.08. The van der Waals surface area contributed by atoms with Gasteiger partial charge in [-0.25, -0.2) is 14.1 Å². The summed E-state index contributed by atoms with van der Waals surface area (Å²) in [6, 6.07) is 9.25. The van der Waals surface area contributed by atoms with Gasteiger partial charge in [-0.05, 0) is 36.4 Å². The number of pyridine rings is 1. The first-order valence-corrected chi connectivity index (χ1v) is 6.52. The molecule has 2 aromatic heterocycles. The molecule has 0 unspecified atom stereocenters. The van der Waals surface area contributed by atoms with Gasteiger partial charge in [-0.3, -0.25) is 4.79 Å². The highest BCUT2D eigenvalue weighted by atomic mass is 19.1. The van der Waals surface area contributed by atoms with Crippen molar-refractivity contribution in [1.82, 2.24) is 20.1 Å². The topological polar surface area (TPSA) is 59.8 Å². The van der Waals surface area contributed by atoms with E-state index < -0.39 is 0 Å². The van der Waals surface area contributed by atoms with Crippen LogP contribution in [-0.2, 0) is 0 Å². The van der Waals surface area contributed by atoms with Crippen molar-refractivity contribution in [2.24, 2.45) is 0 Å². The molecule has 0 bridgehead atoms. The lowest BCUT2D eigenvalue weighted by molar-refractivity contribution is 0.0955. The summed E-state index contributed by atoms with van der Waals surface area (Å²) >= 11 is 0. The van der Waals surface area contributed by atoms with Crippen LogP contribution >= 0.6 is 0 Å². The van der Waals surface area contributed by atoms with Crippen molar-refractivity contribution in [1.29, 1.82) is 0 Å². The molecule has 5 nitrogen and oxygen atoms in total. The number of rotatable bonds is 3. The summed E-state index contributed by atoms with van der Waals surface area (Å²) in [4.78, 5) is 16.4. The minimum Gasteiger partial charge on any atom is -0.340 e. The molecule has 0 saturated carbocycles. The van der Waals surface area contributed by atoms with E-state index in [0.717, 1.165) is 0 Å². The molecule has 3 aromatic rings. The SMILES string of the molecule is C#CCNC(=O)c1nn(-c2ccc(F)cc2)c2ncccc12. The molecule has 0 aliphatic rings. The highest BCUT2D eigenvalue weighted by Gasteiger charge is 2.18. The van der Waals surface area contributed by atoms with Crippen LogP contribution < -0.4 is 5.32 Å². The second-order valence-corrected chi connectivity index (χ2v) is 4.50. The molecular weight excluding hydrogens is 283 g/mol. The maximum absolute atomic E-state index is 13.1. The average Bonchev–Trinajstić information content (AvgIpc) is 2.93. The summed E-state index contributed by atoms with van der Waals surface area (Å²) in [6.07, 6.45) is 6.74. The highest BCUT2D eigenvalue weighted by molar-refractivity contribution is 6.04. The molecule has 2 heterocycles. The number of benzene rings is 1. The van der Waals surface area contributed by atoms with Crippen molar-refractivity contribution in [2.45, 2.75) is 0 Å². The predicted molar refractivity (Wildman–Crippen MR) is 80.0 cm³/mol. The maximum atomic E-state index is 13.1. The highest BCUT2D eigenvalue weighted by Crippen LogP contribution is 2.20. The zero-order valence-corrected chi connectivity index (χ0v) is 11.5. The lowest BCUT2D eigenvalue weighted by Crippen LogP contribution is -2.24. The molecule has 0 spiro atoms. The molecule has 108 valence electrons. The average molecular weight is 294 g/mol. The molecular formula is C16H11FN4O. The Morgan fingerprint density at radius 3 is 2.82 bits per heavy atom. The Kier molecular flexibility index (Phi) is 3.54. The molecule has 0 aliphatic heterocycles. The smallest absolute Gasteiger partial charge is 0.273 e. The zero-order chi connectivity index (χ0) is 15.5. The van der Waals surface area contributed by atoms with E-state index in [1.165, 1.54) is 16.8 Å². The van der Waals surface area contributed by atoms with E-state index in [9.17, 15) is 9.18 Å². The molecule has 6 heteroatoms. The molecule has 22 heavy (non-hydrogen) atoms. The number of amides is 1. The Labute approximate surface area is 125 Å². The van der Waals surface area contributed by atoms with Gasteiger partial charge in [0.05, 0.1) is 17.6 Å². The fourth-order valence-electron chi connectivity index (χ4n) is 2.10. The first kappa shape index (κ1) is 13.8. The van der Waals surface area contributed by atoms with Crippen molar-refractivity contribution >= 4 is 16.9 Å². The standard InChI is InChI=1S/C16H11FN4O/c1-2-9-19-16(22)14-13-4-3-10-18-15(13)21(20-14)12-7-5-11(17)6-8-12/h1,3-8,10H,9H2,(H,19,22). The largest absolute Gasteiger partial charge is 0.340 e. The lowest BCUT2D eigenvalue weighted by atomic mass is 10.2. The van der Waals surface area contributed by atoms with Crippen LogP contribution in [0.2, 0.25) is 0 Å². The van der Waals surface area contributed by atoms with E-state index in [0.29, 0.717) is 16.7 Å². The Hall–Kier alpha value is -3.20. The summed E-state index contributed by atoms with van der Waals surface area (Å²) < 4.78 is 14.6. The number of aromatic nitrogens is 3. The van der Waals surface area contributed by atoms with Gasteiger partial charge < -0.3 is 5.32 Å². The monoisotopic (exact) mass is 294 g/mol. The molecule has 0 fully saturated rings. The number of fused-ring (bicyclic) bond motifs is 1. The van der Waals surface area contributed by atoms with Crippen LogP contribution in [0.5, 0.6) is 0 Å². The van der Waals surface area contributed by atoms with Crippen LogP contribution in [-0.4, -0.2) is 27.2 Å². The number of carbonyl (C=O) groups excluding carboxylic acids is 1. The first-order chi connectivity index (χ1) is 10.7. The second kappa shape index (κ2) is 5.66. The molecule has 0 radical (unpaired) electrons. The van der Waals surface area contributed by atoms with Crippen molar-refractivity contribution in [3.63, 3.8) is 0 Å². The summed E-state index contributed by atoms with van der Waals surface area (Å²) in [5, 5.41) is 7.47. The van der Waals surface area contributed by atoms with Gasteiger partial charge in [0, 0.05) is 6.20 Å². The van der Waals surface area contributed by atoms with Crippen LogP contribution in [0.3, 0.4) is 0 Å². The van der Waals surface area contributed by atoms with Crippen molar-refractivity contribution < 1.29 is 9.18 Å². The number of nitrogens with zero attached hydrogens (tertiary/aromatic N) is 3. The van der Waals surface area contributed by atoms with Gasteiger partial charge in [0.2, 0.25) is 0 Å². The summed E-state index contributed by atoms with van der Waals surface area (Å²) in [5.74, 6) is 1.61. The number of carbonyl (C=O) groups is 1. The van der Waals surface area contributed by atoms with Crippen molar-refractivity contribution in [3.8, 4) is 18.0 Å². The quantitative estimate of drug-likeness (QED) is 0.751. The van der Waals surface area contributed by atoms with E-state index >= 15 is 0 Å². The number of hydrogen-bond acceptors (Lipinski definition) is 3. The fraction of sp³-hybridized carbons (Fsp3) is 0.0625. The van der Waals surface area contributed by atoms with Crippen LogP contribution in [0.15, 0.2) is 42.6 Å². The zero-order valence-electron chi connectivity index (χ0n) is 11.5. The van der Waals surface area contributed by atoms with Gasteiger partial charge in [-0.15, -0.1) is 6.42 Å². The Morgan fingerprint density at radius 1 is 1.32 bits per heavy atom. The number of terminal acetylenes is 1. The van der Waals surface area contributed by atoms with Gasteiger partial charge in [0.1, 0.15) is 5.82 Å². The number of hydrogen-bond donors (Lipinski definition) is 1. The Morgan fingerprint density at radius 2 is 2.09 bits per heavy atom. The van der Waals surface area contributed by atoms with Crippen LogP contribution in [0, 0.1) is 18.2 Å². The van der Waals surface area contributed by atoms with E-state index in [1.54, 1.807) is 30.5 Å². The van der Waals surface area contributed by atoms with Crippen LogP contribution in [0.4, 0.5) is 4.39 Å². The molecule has 1 aromatic carbocycles. The summed E-state index contributed by atoms with van der Waals surface area (Å²) in [5.41, 5.74) is 1.35. The maximum Gasteiger partial charge on any atom is 0.273 e. The van der Waals surface area contributed by atoms with Gasteiger partial charge in [0.15, 0.2) is 11.3 Å². The van der Waals surface area contributed by atoms with Gasteiger partial charge >= 0.3 is 0 Å². The van der Waals surface area contributed by atoms with Crippen LogP contribution in [0.1, 0.15) is 10.5 Å². The normalized spacial score (nSPS) is 10.4. The van der Waals surface area contributed by atoms with Crippen molar-refractivity contribution in [2.75, 3.05) is 6.54 Å². The molecule has 3 rings (SSSR count). The van der Waals surface area contributed by atoms with E-state index in [4.69, 9.17) is 6.42 Å². The minimum absolute atomic E-state index is 0.115. The fourth-order valence-corrected chi connectivity index (χ4v) is 2.10. The predicted octanol–water partition coefficient (Wildman–Crippen LogP) is 1.92. The third kappa shape index (κ3) is 2.40. The van der Waals surface area contributed by atoms with Crippen LogP contribution in [0.25, 0.3) is 16.7 Å². The molecule has 1 N–H and O–H groups in total. The summed E-state index contributed by atoms with van der Waals surface area (Å²) in [6.45, 7) is 0.115. The lowest BCUT2D eigenvalue weighted by Gasteiger charge is -2.01. The molecule has 0 saturated heterocycles. The third-order valence-electron chi connectivity index (χ3n) is 3.08. The number of nitrogens with one attached hydrogen (secondary N) is 1. The van der Waals surface area contributed by atoms with E-state index in [-0.39, 0.29) is 24.0 Å². The molecule has 0 aliphatic carbocycles. The van der Waals surface area contributed by atoms with E-state index in [1.807, 2.05) is 0 Å². The Balaban J connectivity index is 2.14.